The van der Waals surface area contributed by atoms with Crippen LogP contribution in [0.2, 0.25) is 0 Å². The van der Waals surface area contributed by atoms with Crippen molar-refractivity contribution in [3.63, 3.8) is 0 Å². The maximum Gasteiger partial charge on any atom is 0.351 e. The Balaban J connectivity index is 1.81. The van der Waals surface area contributed by atoms with Crippen LogP contribution in [0.3, 0.4) is 0 Å². The molecule has 8 nitrogen and oxygen atoms in total. The first-order valence-electron chi connectivity index (χ1n) is 7.71. The minimum absolute atomic E-state index is 0.0199. The van der Waals surface area contributed by atoms with Gasteiger partial charge in [0.15, 0.2) is 5.82 Å². The summed E-state index contributed by atoms with van der Waals surface area (Å²) in [5.74, 6) is 0.415. The van der Waals surface area contributed by atoms with Gasteiger partial charge in [0.1, 0.15) is 12.3 Å². The summed E-state index contributed by atoms with van der Waals surface area (Å²) in [5.41, 5.74) is 3.09. The van der Waals surface area contributed by atoms with Crippen molar-refractivity contribution in [1.82, 2.24) is 9.55 Å². The van der Waals surface area contributed by atoms with Crippen LogP contribution in [0.25, 0.3) is 0 Å². The molecule has 2 aliphatic heterocycles. The van der Waals surface area contributed by atoms with Crippen molar-refractivity contribution in [3.8, 4) is 0 Å². The summed E-state index contributed by atoms with van der Waals surface area (Å²) in [4.78, 5) is 21.6. The van der Waals surface area contributed by atoms with Gasteiger partial charge in [-0.3, -0.25) is 9.40 Å². The van der Waals surface area contributed by atoms with Crippen LogP contribution in [0.5, 0.6) is 0 Å². The van der Waals surface area contributed by atoms with Crippen LogP contribution in [0.4, 0.5) is 5.82 Å². The predicted octanol–water partition coefficient (Wildman–Crippen LogP) is 0.118. The lowest BCUT2D eigenvalue weighted by Gasteiger charge is -2.26. The fourth-order valence-electron chi connectivity index (χ4n) is 2.89. The van der Waals surface area contributed by atoms with Crippen molar-refractivity contribution in [2.24, 2.45) is 0 Å². The van der Waals surface area contributed by atoms with Crippen LogP contribution in [0.1, 0.15) is 31.1 Å². The van der Waals surface area contributed by atoms with Gasteiger partial charge in [-0.25, -0.2) is 10.3 Å². The number of aliphatic hydroxyl groups is 2. The summed E-state index contributed by atoms with van der Waals surface area (Å²) in [7, 11) is 0. The molecule has 1 aromatic rings. The molecule has 1 fully saturated rings. The number of fused-ring (bicyclic) bond motifs is 1. The summed E-state index contributed by atoms with van der Waals surface area (Å²) < 4.78 is 6.90. The van der Waals surface area contributed by atoms with Crippen LogP contribution in [-0.2, 0) is 16.0 Å². The Morgan fingerprint density at radius 2 is 2.39 bits per heavy atom. The number of aliphatic hydroxyl groups excluding tert-OH is 2. The largest absolute Gasteiger partial charge is 0.394 e. The maximum atomic E-state index is 12.2. The monoisotopic (exact) mass is 323 g/mol. The topological polar surface area (TPSA) is 106 Å². The molecule has 3 rings (SSSR count). The molecule has 23 heavy (non-hydrogen) atoms. The fraction of sp³-hybridized carbons (Fsp3) is 0.600. The summed E-state index contributed by atoms with van der Waals surface area (Å²) in [6.45, 7) is 3.41. The van der Waals surface area contributed by atoms with Gasteiger partial charge >= 0.3 is 5.69 Å². The number of hydrogen-bond donors (Lipinski definition) is 3. The average Bonchev–Trinajstić information content (AvgIpc) is 2.93. The number of anilines is 1. The van der Waals surface area contributed by atoms with E-state index in [0.29, 0.717) is 12.2 Å². The third kappa shape index (κ3) is 3.30. The molecule has 0 bridgehead atoms. The SMILES string of the molecule is C=CCCC1Cc2cn(C3CC(O)C(CO)O3)c(=O)nc2NO1. The molecule has 3 N–H and O–H groups in total. The van der Waals surface area contributed by atoms with E-state index in [1.807, 2.05) is 6.08 Å². The number of allylic oxidation sites excluding steroid dienone is 1. The number of nitrogens with zero attached hydrogens (tertiary/aromatic N) is 2. The predicted molar refractivity (Wildman–Crippen MR) is 81.7 cm³/mol. The summed E-state index contributed by atoms with van der Waals surface area (Å²) in [5, 5.41) is 19.0. The van der Waals surface area contributed by atoms with E-state index in [4.69, 9.17) is 14.7 Å². The van der Waals surface area contributed by atoms with E-state index < -0.39 is 24.1 Å². The number of hydrogen-bond acceptors (Lipinski definition) is 7. The molecule has 1 saturated heterocycles. The highest BCUT2D eigenvalue weighted by Crippen LogP contribution is 2.29. The first-order chi connectivity index (χ1) is 11.1. The minimum Gasteiger partial charge on any atom is -0.394 e. The van der Waals surface area contributed by atoms with Crippen LogP contribution in [0.15, 0.2) is 23.6 Å². The molecular formula is C15H21N3O5. The van der Waals surface area contributed by atoms with Gasteiger partial charge < -0.3 is 14.9 Å². The lowest BCUT2D eigenvalue weighted by atomic mass is 10.0. The van der Waals surface area contributed by atoms with Crippen LogP contribution in [-0.4, -0.2) is 44.7 Å². The Bertz CT molecular complexity index is 632. The van der Waals surface area contributed by atoms with Gasteiger partial charge in [-0.2, -0.15) is 4.98 Å². The standard InChI is InChI=1S/C15H21N3O5/c1-2-3-4-10-5-9-7-18(15(21)16-14(9)17-23-10)13-6-11(20)12(8-19)22-13/h2,7,10-13,19-20H,1,3-6,8H2,(H,16,17,21). The van der Waals surface area contributed by atoms with Crippen molar-refractivity contribution >= 4 is 5.82 Å². The Kier molecular flexibility index (Phi) is 4.76. The summed E-state index contributed by atoms with van der Waals surface area (Å²) >= 11 is 0. The van der Waals surface area contributed by atoms with Crippen LogP contribution >= 0.6 is 0 Å². The van der Waals surface area contributed by atoms with Gasteiger partial charge in [-0.15, -0.1) is 6.58 Å². The average molecular weight is 323 g/mol. The Morgan fingerprint density at radius 1 is 1.57 bits per heavy atom. The highest BCUT2D eigenvalue weighted by atomic mass is 16.7. The third-order valence-corrected chi connectivity index (χ3v) is 4.18. The smallest absolute Gasteiger partial charge is 0.351 e. The Hall–Kier alpha value is -1.74. The lowest BCUT2D eigenvalue weighted by Crippen LogP contribution is -2.33. The quantitative estimate of drug-likeness (QED) is 0.661. The molecule has 4 unspecified atom stereocenters. The van der Waals surface area contributed by atoms with Gasteiger partial charge in [0.05, 0.1) is 18.8 Å². The van der Waals surface area contributed by atoms with E-state index in [0.717, 1.165) is 18.4 Å². The molecule has 0 aliphatic carbocycles. The van der Waals surface area contributed by atoms with Crippen molar-refractivity contribution in [3.05, 3.63) is 34.9 Å². The number of aromatic nitrogens is 2. The van der Waals surface area contributed by atoms with Gasteiger partial charge in [-0.1, -0.05) is 6.08 Å². The van der Waals surface area contributed by atoms with Crippen LogP contribution in [0, 0.1) is 0 Å². The normalized spacial score (nSPS) is 29.8. The summed E-state index contributed by atoms with van der Waals surface area (Å²) in [6, 6.07) is 0. The molecule has 0 aromatic carbocycles. The van der Waals surface area contributed by atoms with E-state index in [9.17, 15) is 9.90 Å². The molecular weight excluding hydrogens is 302 g/mol. The molecule has 0 spiro atoms. The number of nitrogens with one attached hydrogen (secondary N) is 1. The first-order valence-corrected chi connectivity index (χ1v) is 7.71. The second-order valence-electron chi connectivity index (χ2n) is 5.83. The highest BCUT2D eigenvalue weighted by Gasteiger charge is 2.35. The molecule has 3 heterocycles. The van der Waals surface area contributed by atoms with Gasteiger partial charge in [-0.05, 0) is 12.8 Å². The number of ether oxygens (including phenoxy) is 1. The molecule has 8 heteroatoms. The second kappa shape index (κ2) is 6.79. The van der Waals surface area contributed by atoms with Crippen molar-refractivity contribution in [1.29, 1.82) is 0 Å². The molecule has 0 radical (unpaired) electrons. The minimum atomic E-state index is -0.797. The van der Waals surface area contributed by atoms with Crippen molar-refractivity contribution < 1.29 is 19.8 Å². The van der Waals surface area contributed by atoms with Gasteiger partial charge in [0, 0.05) is 24.6 Å². The van der Waals surface area contributed by atoms with E-state index in [2.05, 4.69) is 17.0 Å². The van der Waals surface area contributed by atoms with Crippen molar-refractivity contribution in [2.45, 2.75) is 50.2 Å². The van der Waals surface area contributed by atoms with E-state index in [-0.39, 0.29) is 19.1 Å². The molecule has 2 aliphatic rings. The first kappa shape index (κ1) is 16.1. The van der Waals surface area contributed by atoms with E-state index in [1.54, 1.807) is 6.20 Å². The third-order valence-electron chi connectivity index (χ3n) is 4.18. The molecule has 0 amide bonds. The van der Waals surface area contributed by atoms with Crippen molar-refractivity contribution in [2.75, 3.05) is 12.1 Å². The zero-order valence-electron chi connectivity index (χ0n) is 12.7. The van der Waals surface area contributed by atoms with Gasteiger partial charge in [0.25, 0.3) is 0 Å². The zero-order valence-corrected chi connectivity index (χ0v) is 12.7. The number of rotatable bonds is 5. The molecule has 0 saturated carbocycles. The molecule has 126 valence electrons. The molecule has 1 aromatic heterocycles. The van der Waals surface area contributed by atoms with E-state index in [1.165, 1.54) is 4.57 Å². The summed E-state index contributed by atoms with van der Waals surface area (Å²) in [6.07, 6.45) is 3.94. The van der Waals surface area contributed by atoms with E-state index >= 15 is 0 Å². The molecule has 4 atom stereocenters. The lowest BCUT2D eigenvalue weighted by molar-refractivity contribution is -0.0460. The highest BCUT2D eigenvalue weighted by molar-refractivity contribution is 5.42. The Labute approximate surface area is 133 Å². The second-order valence-corrected chi connectivity index (χ2v) is 5.83. The Morgan fingerprint density at radius 3 is 3.09 bits per heavy atom. The zero-order chi connectivity index (χ0) is 16.4. The van der Waals surface area contributed by atoms with Crippen LogP contribution < -0.4 is 11.2 Å². The van der Waals surface area contributed by atoms with Gasteiger partial charge in [0.2, 0.25) is 0 Å². The maximum absolute atomic E-state index is 12.2. The fourth-order valence-corrected chi connectivity index (χ4v) is 2.89.